The van der Waals surface area contributed by atoms with Gasteiger partial charge in [-0.05, 0) is 37.1 Å². The van der Waals surface area contributed by atoms with Crippen molar-refractivity contribution in [2.24, 2.45) is 0 Å². The summed E-state index contributed by atoms with van der Waals surface area (Å²) in [5.41, 5.74) is 1.69. The maximum absolute atomic E-state index is 11.9. The van der Waals surface area contributed by atoms with Crippen LogP contribution >= 0.6 is 0 Å². The number of methoxy groups -OCH3 is 1. The molecule has 0 saturated carbocycles. The number of carbonyl (C=O) groups excluding carboxylic acids is 1. The van der Waals surface area contributed by atoms with Gasteiger partial charge in [-0.15, -0.1) is 0 Å². The predicted molar refractivity (Wildman–Crippen MR) is 77.0 cm³/mol. The first kappa shape index (κ1) is 14.0. The van der Waals surface area contributed by atoms with Crippen molar-refractivity contribution in [3.05, 3.63) is 48.4 Å². The quantitative estimate of drug-likeness (QED) is 0.880. The summed E-state index contributed by atoms with van der Waals surface area (Å²) in [6.45, 7) is 1.94. The maximum Gasteiger partial charge on any atom is 0.319 e. The molecule has 0 saturated heterocycles. The third kappa shape index (κ3) is 3.78. The number of rotatable bonds is 5. The van der Waals surface area contributed by atoms with E-state index in [0.717, 1.165) is 12.0 Å². The summed E-state index contributed by atoms with van der Waals surface area (Å²) in [7, 11) is 1.57. The number of nitrogens with one attached hydrogen (secondary N) is 2. The standard InChI is InChI=1S/C15H18N2O3/c1-11(9-12-7-8-20-10-12)16-15(18)17-13-5-3-4-6-14(13)19-2/h3-8,10-11H,9H2,1-2H3,(H2,16,17,18)/t11-/m0/s1. The smallest absolute Gasteiger partial charge is 0.319 e. The van der Waals surface area contributed by atoms with Gasteiger partial charge < -0.3 is 19.8 Å². The fourth-order valence-corrected chi connectivity index (χ4v) is 1.94. The largest absolute Gasteiger partial charge is 0.495 e. The molecule has 0 spiro atoms. The van der Waals surface area contributed by atoms with E-state index in [2.05, 4.69) is 10.6 Å². The molecule has 2 N–H and O–H groups in total. The van der Waals surface area contributed by atoms with Crippen LogP contribution in [0.2, 0.25) is 0 Å². The zero-order valence-electron chi connectivity index (χ0n) is 11.6. The van der Waals surface area contributed by atoms with Crippen molar-refractivity contribution in [2.75, 3.05) is 12.4 Å². The molecule has 2 rings (SSSR count). The number of furan rings is 1. The van der Waals surface area contributed by atoms with Crippen LogP contribution in [-0.2, 0) is 6.42 Å². The Morgan fingerprint density at radius 2 is 2.15 bits per heavy atom. The van der Waals surface area contributed by atoms with Crippen molar-refractivity contribution >= 4 is 11.7 Å². The van der Waals surface area contributed by atoms with Crippen molar-refractivity contribution < 1.29 is 13.9 Å². The molecule has 0 aliphatic rings. The molecule has 0 unspecified atom stereocenters. The molecule has 2 aromatic rings. The third-order valence-electron chi connectivity index (χ3n) is 2.85. The molecule has 2 amide bonds. The Morgan fingerprint density at radius 1 is 1.35 bits per heavy atom. The number of ether oxygens (including phenoxy) is 1. The summed E-state index contributed by atoms with van der Waals surface area (Å²) in [4.78, 5) is 11.9. The van der Waals surface area contributed by atoms with Crippen molar-refractivity contribution in [1.29, 1.82) is 0 Å². The molecule has 106 valence electrons. The van der Waals surface area contributed by atoms with Crippen LogP contribution in [0.15, 0.2) is 47.3 Å². The Kier molecular flexibility index (Phi) is 4.65. The van der Waals surface area contributed by atoms with Gasteiger partial charge in [-0.25, -0.2) is 4.79 Å². The lowest BCUT2D eigenvalue weighted by molar-refractivity contribution is 0.249. The van der Waals surface area contributed by atoms with Crippen LogP contribution in [0.3, 0.4) is 0 Å². The van der Waals surface area contributed by atoms with E-state index < -0.39 is 0 Å². The minimum Gasteiger partial charge on any atom is -0.495 e. The summed E-state index contributed by atoms with van der Waals surface area (Å²) < 4.78 is 10.2. The van der Waals surface area contributed by atoms with Crippen molar-refractivity contribution in [1.82, 2.24) is 5.32 Å². The van der Waals surface area contributed by atoms with Gasteiger partial charge in [0.1, 0.15) is 5.75 Å². The molecular weight excluding hydrogens is 256 g/mol. The van der Waals surface area contributed by atoms with E-state index in [9.17, 15) is 4.79 Å². The first-order chi connectivity index (χ1) is 9.69. The van der Waals surface area contributed by atoms with E-state index in [1.165, 1.54) is 0 Å². The normalized spacial score (nSPS) is 11.7. The predicted octanol–water partition coefficient (Wildman–Crippen LogP) is 3.04. The Hall–Kier alpha value is -2.43. The highest BCUT2D eigenvalue weighted by atomic mass is 16.5. The molecule has 1 aromatic heterocycles. The molecule has 0 fully saturated rings. The van der Waals surface area contributed by atoms with Crippen LogP contribution < -0.4 is 15.4 Å². The minimum absolute atomic E-state index is 0.00214. The summed E-state index contributed by atoms with van der Waals surface area (Å²) in [6, 6.07) is 8.91. The lowest BCUT2D eigenvalue weighted by Crippen LogP contribution is -2.37. The average molecular weight is 274 g/mol. The molecule has 0 aliphatic carbocycles. The van der Waals surface area contributed by atoms with E-state index >= 15 is 0 Å². The Morgan fingerprint density at radius 3 is 2.85 bits per heavy atom. The first-order valence-corrected chi connectivity index (χ1v) is 6.40. The Bertz CT molecular complexity index is 552. The SMILES string of the molecule is COc1ccccc1NC(=O)N[C@@H](C)Cc1ccoc1. The van der Waals surface area contributed by atoms with Crippen molar-refractivity contribution in [2.45, 2.75) is 19.4 Å². The topological polar surface area (TPSA) is 63.5 Å². The van der Waals surface area contributed by atoms with Gasteiger partial charge in [0.25, 0.3) is 0 Å². The van der Waals surface area contributed by atoms with Crippen LogP contribution in [0.4, 0.5) is 10.5 Å². The number of hydrogen-bond donors (Lipinski definition) is 2. The molecule has 0 radical (unpaired) electrons. The van der Waals surface area contributed by atoms with Gasteiger partial charge in [0, 0.05) is 6.04 Å². The van der Waals surface area contributed by atoms with Gasteiger partial charge >= 0.3 is 6.03 Å². The van der Waals surface area contributed by atoms with E-state index in [0.29, 0.717) is 11.4 Å². The van der Waals surface area contributed by atoms with Crippen LogP contribution in [-0.4, -0.2) is 19.2 Å². The second-order valence-electron chi connectivity index (χ2n) is 4.54. The number of anilines is 1. The summed E-state index contributed by atoms with van der Waals surface area (Å²) in [5.74, 6) is 0.630. The molecule has 1 heterocycles. The highest BCUT2D eigenvalue weighted by Crippen LogP contribution is 2.22. The maximum atomic E-state index is 11.9. The molecule has 0 aliphatic heterocycles. The molecule has 1 atom stereocenters. The summed E-state index contributed by atoms with van der Waals surface area (Å²) in [5, 5.41) is 5.64. The van der Waals surface area contributed by atoms with Crippen LogP contribution in [0.25, 0.3) is 0 Å². The number of carbonyl (C=O) groups is 1. The van der Waals surface area contributed by atoms with Crippen LogP contribution in [0, 0.1) is 0 Å². The molecular formula is C15H18N2O3. The van der Waals surface area contributed by atoms with Crippen molar-refractivity contribution in [3.8, 4) is 5.75 Å². The molecule has 5 heteroatoms. The summed E-state index contributed by atoms with van der Waals surface area (Å²) in [6.07, 6.45) is 4.02. The van der Waals surface area contributed by atoms with Gasteiger partial charge in [0.15, 0.2) is 0 Å². The zero-order chi connectivity index (χ0) is 14.4. The fourth-order valence-electron chi connectivity index (χ4n) is 1.94. The van der Waals surface area contributed by atoms with Crippen LogP contribution in [0.5, 0.6) is 5.75 Å². The van der Waals surface area contributed by atoms with Crippen LogP contribution in [0.1, 0.15) is 12.5 Å². The van der Waals surface area contributed by atoms with Gasteiger partial charge in [0.2, 0.25) is 0 Å². The van der Waals surface area contributed by atoms with E-state index in [-0.39, 0.29) is 12.1 Å². The monoisotopic (exact) mass is 274 g/mol. The average Bonchev–Trinajstić information content (AvgIpc) is 2.91. The number of amides is 2. The van der Waals surface area contributed by atoms with Gasteiger partial charge in [0.05, 0.1) is 25.3 Å². The van der Waals surface area contributed by atoms with Crippen molar-refractivity contribution in [3.63, 3.8) is 0 Å². The molecule has 1 aromatic carbocycles. The second kappa shape index (κ2) is 6.65. The van der Waals surface area contributed by atoms with E-state index in [1.54, 1.807) is 31.8 Å². The highest BCUT2D eigenvalue weighted by Gasteiger charge is 2.10. The minimum atomic E-state index is -0.259. The molecule has 5 nitrogen and oxygen atoms in total. The van der Waals surface area contributed by atoms with Gasteiger partial charge in [-0.3, -0.25) is 0 Å². The number of benzene rings is 1. The first-order valence-electron chi connectivity index (χ1n) is 6.40. The van der Waals surface area contributed by atoms with E-state index in [4.69, 9.17) is 9.15 Å². The van der Waals surface area contributed by atoms with E-state index in [1.807, 2.05) is 25.1 Å². The molecule has 20 heavy (non-hydrogen) atoms. The molecule has 0 bridgehead atoms. The Labute approximate surface area is 117 Å². The third-order valence-corrected chi connectivity index (χ3v) is 2.85. The lowest BCUT2D eigenvalue weighted by atomic mass is 10.1. The highest BCUT2D eigenvalue weighted by molar-refractivity contribution is 5.91. The second-order valence-corrected chi connectivity index (χ2v) is 4.54. The van der Waals surface area contributed by atoms with Gasteiger partial charge in [-0.1, -0.05) is 12.1 Å². The lowest BCUT2D eigenvalue weighted by Gasteiger charge is -2.15. The summed E-state index contributed by atoms with van der Waals surface area (Å²) >= 11 is 0. The zero-order valence-corrected chi connectivity index (χ0v) is 11.6. The van der Waals surface area contributed by atoms with Gasteiger partial charge in [-0.2, -0.15) is 0 Å². The Balaban J connectivity index is 1.88. The number of hydrogen-bond acceptors (Lipinski definition) is 3. The number of urea groups is 1. The fraction of sp³-hybridized carbons (Fsp3) is 0.267. The number of para-hydroxylation sites is 2.